The number of amides is 2. The Labute approximate surface area is 196 Å². The lowest BCUT2D eigenvalue weighted by atomic mass is 9.90. The Morgan fingerprint density at radius 1 is 1.31 bits per heavy atom. The van der Waals surface area contributed by atoms with Crippen LogP contribution in [0.4, 0.5) is 14.5 Å². The highest BCUT2D eigenvalue weighted by atomic mass is 79.9. The van der Waals surface area contributed by atoms with Crippen molar-refractivity contribution in [3.05, 3.63) is 74.4 Å². The topological polar surface area (TPSA) is 72.9 Å². The second-order valence-electron chi connectivity index (χ2n) is 7.88. The zero-order chi connectivity index (χ0) is 23.2. The van der Waals surface area contributed by atoms with Gasteiger partial charge in [0.2, 0.25) is 0 Å². The Kier molecular flexibility index (Phi) is 6.00. The van der Waals surface area contributed by atoms with Crippen molar-refractivity contribution in [2.24, 2.45) is 0 Å². The molecule has 0 unspecified atom stereocenters. The van der Waals surface area contributed by atoms with Gasteiger partial charge in [-0.05, 0) is 60.0 Å². The maximum Gasteiger partial charge on any atom is 0.277 e. The summed E-state index contributed by atoms with van der Waals surface area (Å²) < 4.78 is 28.7. The van der Waals surface area contributed by atoms with E-state index in [4.69, 9.17) is 11.6 Å². The molecule has 2 aromatic carbocycles. The molecular weight excluding hydrogens is 508 g/mol. The van der Waals surface area contributed by atoms with Crippen LogP contribution in [0.1, 0.15) is 25.3 Å². The summed E-state index contributed by atoms with van der Waals surface area (Å²) >= 11 is 9.33. The molecule has 0 aromatic heterocycles. The van der Waals surface area contributed by atoms with E-state index in [2.05, 4.69) is 21.2 Å². The number of hydrazine groups is 1. The summed E-state index contributed by atoms with van der Waals surface area (Å²) in [5, 5.41) is 16.7. The molecular formula is C22H19BrClF2N3O3. The van der Waals surface area contributed by atoms with Gasteiger partial charge in [-0.15, -0.1) is 0 Å². The normalized spacial score (nSPS) is 21.2. The second kappa shape index (κ2) is 8.46. The third kappa shape index (κ3) is 3.78. The lowest BCUT2D eigenvalue weighted by molar-refractivity contribution is -0.160. The Hall–Kier alpha value is -2.49. The SMILES string of the molecule is C[C@]12CCCN1N(Cc1cccc(F)c1F)C(=O)C(C(=O)Nc1ccc(Br)c(Cl)c1)=C2O. The average molecular weight is 527 g/mol. The number of nitrogens with one attached hydrogen (secondary N) is 1. The summed E-state index contributed by atoms with van der Waals surface area (Å²) in [5.41, 5.74) is -1.17. The van der Waals surface area contributed by atoms with Crippen LogP contribution in [0.15, 0.2) is 52.2 Å². The van der Waals surface area contributed by atoms with E-state index in [1.165, 1.54) is 23.2 Å². The maximum atomic E-state index is 14.3. The zero-order valence-corrected chi connectivity index (χ0v) is 19.3. The zero-order valence-electron chi connectivity index (χ0n) is 17.0. The number of halogens is 4. The van der Waals surface area contributed by atoms with Crippen LogP contribution in [0.3, 0.4) is 0 Å². The lowest BCUT2D eigenvalue weighted by Gasteiger charge is -2.46. The van der Waals surface area contributed by atoms with Crippen LogP contribution in [-0.2, 0) is 16.1 Å². The summed E-state index contributed by atoms with van der Waals surface area (Å²) in [5.74, 6) is -4.05. The highest BCUT2D eigenvalue weighted by molar-refractivity contribution is 9.10. The summed E-state index contributed by atoms with van der Waals surface area (Å²) in [6, 6.07) is 8.43. The maximum absolute atomic E-state index is 14.3. The molecule has 2 N–H and O–H groups in total. The van der Waals surface area contributed by atoms with E-state index in [-0.39, 0.29) is 17.9 Å². The van der Waals surface area contributed by atoms with Crippen LogP contribution in [0.5, 0.6) is 0 Å². The predicted octanol–water partition coefficient (Wildman–Crippen LogP) is 4.94. The molecule has 1 atom stereocenters. The molecule has 0 spiro atoms. The van der Waals surface area contributed by atoms with Crippen molar-refractivity contribution in [1.29, 1.82) is 0 Å². The molecule has 2 amide bonds. The number of hydrogen-bond donors (Lipinski definition) is 2. The van der Waals surface area contributed by atoms with E-state index in [1.807, 2.05) is 0 Å². The molecule has 6 nitrogen and oxygen atoms in total. The fraction of sp³-hybridized carbons (Fsp3) is 0.273. The van der Waals surface area contributed by atoms with E-state index in [0.717, 1.165) is 6.07 Å². The minimum Gasteiger partial charge on any atom is -0.509 e. The lowest BCUT2D eigenvalue weighted by Crippen LogP contribution is -2.60. The number of hydrogen-bond acceptors (Lipinski definition) is 4. The molecule has 2 aliphatic rings. The molecule has 1 saturated heterocycles. The van der Waals surface area contributed by atoms with Crippen molar-refractivity contribution >= 4 is 45.0 Å². The first kappa shape index (κ1) is 22.7. The minimum absolute atomic E-state index is 0.0339. The number of rotatable bonds is 4. The standard InChI is InChI=1S/C22H19BrClF2N3O3/c1-22-8-3-9-29(22)28(11-12-4-2-5-16(25)18(12)26)21(32)17(19(22)30)20(31)27-13-6-7-14(23)15(24)10-13/h2,4-7,10,30H,3,8-9,11H2,1H3,(H,27,31)/t22-/m1/s1. The van der Waals surface area contributed by atoms with Crippen LogP contribution in [0.25, 0.3) is 0 Å². The van der Waals surface area contributed by atoms with Crippen molar-refractivity contribution in [2.75, 3.05) is 11.9 Å². The van der Waals surface area contributed by atoms with Crippen LogP contribution < -0.4 is 5.32 Å². The van der Waals surface area contributed by atoms with E-state index in [9.17, 15) is 23.5 Å². The quantitative estimate of drug-likeness (QED) is 0.554. The first-order valence-corrected chi connectivity index (χ1v) is 11.0. The number of aliphatic hydroxyl groups excluding tert-OH is 1. The van der Waals surface area contributed by atoms with E-state index in [0.29, 0.717) is 34.6 Å². The van der Waals surface area contributed by atoms with Gasteiger partial charge < -0.3 is 10.4 Å². The van der Waals surface area contributed by atoms with E-state index < -0.39 is 34.6 Å². The number of nitrogens with zero attached hydrogens (tertiary/aromatic N) is 2. The molecule has 0 aliphatic carbocycles. The van der Waals surface area contributed by atoms with Gasteiger partial charge in [-0.2, -0.15) is 0 Å². The highest BCUT2D eigenvalue weighted by Gasteiger charge is 2.52. The number of fused-ring (bicyclic) bond motifs is 1. The minimum atomic E-state index is -1.06. The fourth-order valence-corrected chi connectivity index (χ4v) is 4.57. The van der Waals surface area contributed by atoms with Gasteiger partial charge in [0, 0.05) is 22.3 Å². The molecule has 32 heavy (non-hydrogen) atoms. The summed E-state index contributed by atoms with van der Waals surface area (Å²) in [6.07, 6.45) is 1.13. The largest absolute Gasteiger partial charge is 0.509 e. The summed E-state index contributed by atoms with van der Waals surface area (Å²) in [6.45, 7) is 1.84. The van der Waals surface area contributed by atoms with Gasteiger partial charge in [-0.1, -0.05) is 23.7 Å². The van der Waals surface area contributed by atoms with Crippen molar-refractivity contribution in [3.8, 4) is 0 Å². The van der Waals surface area contributed by atoms with Gasteiger partial charge in [-0.3, -0.25) is 14.6 Å². The number of carbonyl (C=O) groups is 2. The molecule has 4 rings (SSSR count). The Morgan fingerprint density at radius 2 is 2.06 bits per heavy atom. The first-order chi connectivity index (χ1) is 15.1. The molecule has 1 fully saturated rings. The van der Waals surface area contributed by atoms with E-state index >= 15 is 0 Å². The smallest absolute Gasteiger partial charge is 0.277 e. The number of anilines is 1. The molecule has 10 heteroatoms. The van der Waals surface area contributed by atoms with Gasteiger partial charge in [0.25, 0.3) is 11.8 Å². The van der Waals surface area contributed by atoms with Crippen molar-refractivity contribution in [2.45, 2.75) is 31.8 Å². The summed E-state index contributed by atoms with van der Waals surface area (Å²) in [4.78, 5) is 26.4. The van der Waals surface area contributed by atoms with Crippen molar-refractivity contribution in [3.63, 3.8) is 0 Å². The van der Waals surface area contributed by atoms with Gasteiger partial charge in [0.1, 0.15) is 11.3 Å². The third-order valence-electron chi connectivity index (χ3n) is 5.85. The van der Waals surface area contributed by atoms with Crippen molar-refractivity contribution in [1.82, 2.24) is 10.0 Å². The summed E-state index contributed by atoms with van der Waals surface area (Å²) in [7, 11) is 0. The molecule has 0 bridgehead atoms. The Morgan fingerprint density at radius 3 is 2.78 bits per heavy atom. The number of carbonyl (C=O) groups excluding carboxylic acids is 2. The highest BCUT2D eigenvalue weighted by Crippen LogP contribution is 2.42. The van der Waals surface area contributed by atoms with Gasteiger partial charge >= 0.3 is 0 Å². The van der Waals surface area contributed by atoms with Gasteiger partial charge in [-0.25, -0.2) is 13.8 Å². The second-order valence-corrected chi connectivity index (χ2v) is 9.14. The van der Waals surface area contributed by atoms with E-state index in [1.54, 1.807) is 24.1 Å². The predicted molar refractivity (Wildman–Crippen MR) is 119 cm³/mol. The number of aliphatic hydroxyl groups is 1. The fourth-order valence-electron chi connectivity index (χ4n) is 4.15. The molecule has 0 saturated carbocycles. The number of benzene rings is 2. The van der Waals surface area contributed by atoms with Gasteiger partial charge in [0.05, 0.1) is 17.1 Å². The first-order valence-electron chi connectivity index (χ1n) is 9.86. The molecule has 0 radical (unpaired) electrons. The molecule has 168 valence electrons. The van der Waals surface area contributed by atoms with Crippen molar-refractivity contribution < 1.29 is 23.5 Å². The van der Waals surface area contributed by atoms with Gasteiger partial charge in [0.15, 0.2) is 11.6 Å². The third-order valence-corrected chi connectivity index (χ3v) is 7.08. The van der Waals surface area contributed by atoms with Crippen LogP contribution >= 0.6 is 27.5 Å². The van der Waals surface area contributed by atoms with Crippen LogP contribution in [0, 0.1) is 11.6 Å². The van der Waals surface area contributed by atoms with Crippen LogP contribution in [0.2, 0.25) is 5.02 Å². The average Bonchev–Trinajstić information content (AvgIpc) is 3.14. The Bertz CT molecular complexity index is 1160. The molecule has 2 heterocycles. The van der Waals surface area contributed by atoms with Crippen LogP contribution in [-0.4, -0.2) is 39.0 Å². The monoisotopic (exact) mass is 525 g/mol. The molecule has 2 aliphatic heterocycles. The Balaban J connectivity index is 1.71. The molecule has 2 aromatic rings.